The third-order valence-corrected chi connectivity index (χ3v) is 15.8. The molecular weight excluding hydrogens is 378 g/mol. The van der Waals surface area contributed by atoms with Crippen molar-refractivity contribution in [2.24, 2.45) is 0 Å². The van der Waals surface area contributed by atoms with Gasteiger partial charge < -0.3 is 0 Å². The van der Waals surface area contributed by atoms with Crippen LogP contribution >= 0.6 is 0 Å². The zero-order chi connectivity index (χ0) is 18.6. The van der Waals surface area contributed by atoms with Gasteiger partial charge in [-0.2, -0.15) is 0 Å². The summed E-state index contributed by atoms with van der Waals surface area (Å²) >= 11 is -3.16. The molecular formula is C18H33F3GeO2. The molecule has 0 atom stereocenters. The fraction of sp³-hybridized carbons (Fsp3) is 0.833. The van der Waals surface area contributed by atoms with Gasteiger partial charge in [0.15, 0.2) is 0 Å². The van der Waals surface area contributed by atoms with Crippen molar-refractivity contribution in [1.82, 2.24) is 0 Å². The number of allylic oxidation sites excluding steroid dienone is 1. The molecule has 0 spiro atoms. The molecule has 0 saturated carbocycles. The van der Waals surface area contributed by atoms with Gasteiger partial charge in [-0.05, 0) is 0 Å². The fourth-order valence-corrected chi connectivity index (χ4v) is 14.9. The van der Waals surface area contributed by atoms with Crippen LogP contribution in [0.15, 0.2) is 10.5 Å². The Kier molecular flexibility index (Phi) is 11.8. The van der Waals surface area contributed by atoms with Crippen LogP contribution in [0.5, 0.6) is 0 Å². The topological polar surface area (TPSA) is 26.3 Å². The Hall–Kier alpha value is -0.457. The van der Waals surface area contributed by atoms with Gasteiger partial charge in [0, 0.05) is 0 Å². The zero-order valence-corrected chi connectivity index (χ0v) is 17.7. The minimum atomic E-state index is -4.47. The van der Waals surface area contributed by atoms with Gasteiger partial charge in [0.05, 0.1) is 0 Å². The number of esters is 1. The van der Waals surface area contributed by atoms with Crippen LogP contribution in [0.1, 0.15) is 66.2 Å². The Morgan fingerprint density at radius 2 is 1.33 bits per heavy atom. The van der Waals surface area contributed by atoms with Crippen molar-refractivity contribution in [3.63, 3.8) is 0 Å². The van der Waals surface area contributed by atoms with Gasteiger partial charge >= 0.3 is 147 Å². The van der Waals surface area contributed by atoms with E-state index in [0.717, 1.165) is 54.3 Å². The maximum absolute atomic E-state index is 13.1. The molecule has 0 aromatic heterocycles. The van der Waals surface area contributed by atoms with Crippen molar-refractivity contribution >= 4 is 19.2 Å². The Labute approximate surface area is 147 Å². The van der Waals surface area contributed by atoms with Crippen LogP contribution in [0, 0.1) is 0 Å². The van der Waals surface area contributed by atoms with Crippen LogP contribution in [0.4, 0.5) is 13.2 Å². The second kappa shape index (κ2) is 12.0. The molecule has 0 aliphatic carbocycles. The Morgan fingerprint density at radius 1 is 0.917 bits per heavy atom. The first kappa shape index (κ1) is 23.5. The predicted molar refractivity (Wildman–Crippen MR) is 95.7 cm³/mol. The van der Waals surface area contributed by atoms with Crippen LogP contribution in [-0.4, -0.2) is 32.0 Å². The molecule has 0 aliphatic rings. The molecule has 0 saturated heterocycles. The molecule has 2 nitrogen and oxygen atoms in total. The first-order valence-electron chi connectivity index (χ1n) is 9.23. The third kappa shape index (κ3) is 8.58. The summed E-state index contributed by atoms with van der Waals surface area (Å²) in [6.45, 7) is 7.89. The number of carbonyl (C=O) groups is 1. The van der Waals surface area contributed by atoms with Gasteiger partial charge in [0.2, 0.25) is 0 Å². The minimum absolute atomic E-state index is 0.0136. The van der Waals surface area contributed by atoms with Crippen LogP contribution < -0.4 is 0 Å². The predicted octanol–water partition coefficient (Wildman–Crippen LogP) is 6.43. The summed E-state index contributed by atoms with van der Waals surface area (Å²) in [5, 5.41) is 2.37. The average Bonchev–Trinajstić information content (AvgIpc) is 2.52. The van der Waals surface area contributed by atoms with Gasteiger partial charge in [0.1, 0.15) is 0 Å². The van der Waals surface area contributed by atoms with Crippen molar-refractivity contribution in [2.75, 3.05) is 6.61 Å². The molecule has 0 aromatic rings. The molecule has 24 heavy (non-hydrogen) atoms. The van der Waals surface area contributed by atoms with E-state index in [9.17, 15) is 18.0 Å². The fourth-order valence-electron chi connectivity index (χ4n) is 3.13. The first-order valence-corrected chi connectivity index (χ1v) is 14.7. The number of halogens is 3. The Balaban J connectivity index is 5.96. The molecule has 0 radical (unpaired) electrons. The summed E-state index contributed by atoms with van der Waals surface area (Å²) < 4.78 is 44.5. The summed E-state index contributed by atoms with van der Waals surface area (Å²) in [6.07, 6.45) is 1.30. The van der Waals surface area contributed by atoms with E-state index in [1.807, 2.05) is 20.8 Å². The number of alkyl halides is 3. The molecule has 0 heterocycles. The van der Waals surface area contributed by atoms with Crippen LogP contribution in [0.2, 0.25) is 15.8 Å². The summed E-state index contributed by atoms with van der Waals surface area (Å²) in [4.78, 5) is 12.4. The van der Waals surface area contributed by atoms with E-state index >= 15 is 0 Å². The molecule has 0 unspecified atom stereocenters. The van der Waals surface area contributed by atoms with E-state index in [1.54, 1.807) is 6.92 Å². The number of carbonyl (C=O) groups excluding carboxylic acids is 1. The molecule has 0 amide bonds. The van der Waals surface area contributed by atoms with Crippen molar-refractivity contribution in [2.45, 2.75) is 88.2 Å². The second-order valence-electron chi connectivity index (χ2n) is 6.41. The molecule has 0 aromatic carbocycles. The zero-order valence-electron chi connectivity index (χ0n) is 15.6. The van der Waals surface area contributed by atoms with E-state index in [2.05, 4.69) is 0 Å². The van der Waals surface area contributed by atoms with Gasteiger partial charge in [0.25, 0.3) is 0 Å². The van der Waals surface area contributed by atoms with E-state index in [0.29, 0.717) is 0 Å². The quantitative estimate of drug-likeness (QED) is 0.210. The molecule has 0 N–H and O–H groups in total. The molecule has 0 fully saturated rings. The number of hydrogen-bond acceptors (Lipinski definition) is 2. The summed E-state index contributed by atoms with van der Waals surface area (Å²) in [7, 11) is 0. The second-order valence-corrected chi connectivity index (χ2v) is 16.1. The van der Waals surface area contributed by atoms with Crippen LogP contribution in [0.25, 0.3) is 0 Å². The summed E-state index contributed by atoms with van der Waals surface area (Å²) in [6, 6.07) is 0. The molecule has 0 rings (SSSR count). The van der Waals surface area contributed by atoms with Gasteiger partial charge in [-0.1, -0.05) is 0 Å². The van der Waals surface area contributed by atoms with E-state index < -0.39 is 25.4 Å². The van der Waals surface area contributed by atoms with Crippen molar-refractivity contribution < 1.29 is 22.7 Å². The van der Waals surface area contributed by atoms with Crippen molar-refractivity contribution in [3.05, 3.63) is 10.5 Å². The standard InChI is InChI=1S/C18H33F3GeO2/c1-5-9-12-22(13-10-6-2,14-11-7-3)16(15-18(19,20)21)17(23)24-8-4/h15H,5-14H2,1-4H3. The van der Waals surface area contributed by atoms with Crippen molar-refractivity contribution in [1.29, 1.82) is 0 Å². The number of ether oxygens (including phenoxy) is 1. The normalized spacial score (nSPS) is 13.2. The maximum atomic E-state index is 13.1. The van der Waals surface area contributed by atoms with E-state index in [-0.39, 0.29) is 17.1 Å². The summed E-state index contributed by atoms with van der Waals surface area (Å²) in [5.74, 6) is -0.724. The monoisotopic (exact) mass is 412 g/mol. The Bertz CT molecular complexity index is 370. The molecule has 0 bridgehead atoms. The molecule has 6 heteroatoms. The summed E-state index contributed by atoms with van der Waals surface area (Å²) in [5.41, 5.74) is 0. The molecule has 142 valence electrons. The van der Waals surface area contributed by atoms with Crippen LogP contribution in [0.3, 0.4) is 0 Å². The number of rotatable bonds is 12. The van der Waals surface area contributed by atoms with Gasteiger partial charge in [-0.3, -0.25) is 0 Å². The molecule has 0 aliphatic heterocycles. The Morgan fingerprint density at radius 3 is 1.62 bits per heavy atom. The van der Waals surface area contributed by atoms with E-state index in [1.165, 1.54) is 0 Å². The third-order valence-electron chi connectivity index (χ3n) is 4.40. The first-order chi connectivity index (χ1) is 11.3. The average molecular weight is 411 g/mol. The van der Waals surface area contributed by atoms with Crippen LogP contribution in [-0.2, 0) is 9.53 Å². The van der Waals surface area contributed by atoms with Gasteiger partial charge in [-0.25, -0.2) is 0 Å². The number of hydrogen-bond donors (Lipinski definition) is 0. The van der Waals surface area contributed by atoms with Gasteiger partial charge in [-0.15, -0.1) is 0 Å². The SMILES string of the molecule is CCC[CH2][Ge]([CH2]CCC)([CH2]CCC)[C](=CC(F)(F)F)C(=O)OCC. The number of unbranched alkanes of at least 4 members (excludes halogenated alkanes) is 3. The van der Waals surface area contributed by atoms with E-state index in [4.69, 9.17) is 4.74 Å². The van der Waals surface area contributed by atoms with Crippen molar-refractivity contribution in [3.8, 4) is 0 Å².